The molecule has 4 nitrogen and oxygen atoms in total. The summed E-state index contributed by atoms with van der Waals surface area (Å²) in [5.74, 6) is 0.372. The lowest BCUT2D eigenvalue weighted by Gasteiger charge is -2.10. The monoisotopic (exact) mass is 263 g/mol. The third-order valence-corrected chi connectivity index (χ3v) is 3.35. The van der Waals surface area contributed by atoms with Crippen molar-refractivity contribution in [2.24, 2.45) is 11.7 Å². The number of nitrogens with one attached hydrogen (secondary N) is 1. The number of nitrogens with zero attached hydrogens (tertiary/aromatic N) is 1. The zero-order chi connectivity index (χ0) is 13.1. The highest BCUT2D eigenvalue weighted by atomic mass is 35.5. The second-order valence-electron chi connectivity index (χ2n) is 4.56. The van der Waals surface area contributed by atoms with Gasteiger partial charge in [0.1, 0.15) is 6.07 Å². The number of hydrogen-bond donors (Lipinski definition) is 2. The minimum Gasteiger partial charge on any atom is -0.327 e. The predicted octanol–water partition coefficient (Wildman–Crippen LogP) is 2.28. The van der Waals surface area contributed by atoms with E-state index in [0.29, 0.717) is 28.6 Å². The fraction of sp³-hybridized carbons (Fsp3) is 0.385. The Bertz CT molecular complexity index is 505. The number of benzene rings is 1. The van der Waals surface area contributed by atoms with E-state index in [4.69, 9.17) is 22.6 Å². The molecule has 1 unspecified atom stereocenters. The van der Waals surface area contributed by atoms with Crippen LogP contribution >= 0.6 is 11.6 Å². The number of carbonyl (C=O) groups excluding carboxylic acids is 1. The molecule has 1 aliphatic rings. The molecule has 0 spiro atoms. The minimum atomic E-state index is -0.124. The lowest BCUT2D eigenvalue weighted by atomic mass is 10.1. The van der Waals surface area contributed by atoms with Gasteiger partial charge in [-0.1, -0.05) is 11.6 Å². The summed E-state index contributed by atoms with van der Waals surface area (Å²) >= 11 is 5.81. The molecule has 0 heterocycles. The van der Waals surface area contributed by atoms with E-state index >= 15 is 0 Å². The predicted molar refractivity (Wildman–Crippen MR) is 70.1 cm³/mol. The number of rotatable bonds is 4. The van der Waals surface area contributed by atoms with Crippen LogP contribution in [0.4, 0.5) is 5.69 Å². The van der Waals surface area contributed by atoms with Crippen molar-refractivity contribution in [2.75, 3.05) is 5.32 Å². The third kappa shape index (κ3) is 3.22. The van der Waals surface area contributed by atoms with Crippen molar-refractivity contribution >= 4 is 23.2 Å². The Morgan fingerprint density at radius 3 is 2.94 bits per heavy atom. The fourth-order valence-electron chi connectivity index (χ4n) is 1.81. The van der Waals surface area contributed by atoms with Gasteiger partial charge in [-0.05, 0) is 37.0 Å². The SMILES string of the molecule is N#Cc1cc(NC(=O)CC(N)C2CC2)ccc1Cl. The van der Waals surface area contributed by atoms with Gasteiger partial charge in [-0.15, -0.1) is 0 Å². The van der Waals surface area contributed by atoms with Crippen molar-refractivity contribution in [1.82, 2.24) is 0 Å². The summed E-state index contributed by atoms with van der Waals surface area (Å²) in [6.45, 7) is 0. The normalized spacial score (nSPS) is 15.8. The van der Waals surface area contributed by atoms with Crippen LogP contribution in [0.15, 0.2) is 18.2 Å². The van der Waals surface area contributed by atoms with E-state index in [0.717, 1.165) is 12.8 Å². The molecule has 3 N–H and O–H groups in total. The first-order valence-electron chi connectivity index (χ1n) is 5.85. The van der Waals surface area contributed by atoms with Gasteiger partial charge < -0.3 is 11.1 Å². The van der Waals surface area contributed by atoms with Crippen molar-refractivity contribution in [1.29, 1.82) is 5.26 Å². The van der Waals surface area contributed by atoms with Gasteiger partial charge in [0.2, 0.25) is 5.91 Å². The molecular formula is C13H14ClN3O. The Balaban J connectivity index is 1.96. The average molecular weight is 264 g/mol. The van der Waals surface area contributed by atoms with Crippen LogP contribution in [0.1, 0.15) is 24.8 Å². The van der Waals surface area contributed by atoms with Crippen LogP contribution in [0, 0.1) is 17.2 Å². The lowest BCUT2D eigenvalue weighted by molar-refractivity contribution is -0.116. The highest BCUT2D eigenvalue weighted by Crippen LogP contribution is 2.32. The largest absolute Gasteiger partial charge is 0.327 e. The molecule has 0 aliphatic heterocycles. The van der Waals surface area contributed by atoms with Crippen LogP contribution in [-0.2, 0) is 4.79 Å². The Morgan fingerprint density at radius 2 is 2.33 bits per heavy atom. The van der Waals surface area contributed by atoms with Crippen LogP contribution in [0.25, 0.3) is 0 Å². The van der Waals surface area contributed by atoms with Crippen LogP contribution in [-0.4, -0.2) is 11.9 Å². The first-order valence-corrected chi connectivity index (χ1v) is 6.23. The summed E-state index contributed by atoms with van der Waals surface area (Å²) in [4.78, 5) is 11.7. The molecule has 0 aromatic heterocycles. The van der Waals surface area contributed by atoms with Gasteiger partial charge in [-0.3, -0.25) is 4.79 Å². The van der Waals surface area contributed by atoms with E-state index in [1.807, 2.05) is 6.07 Å². The Kier molecular flexibility index (Phi) is 3.85. The van der Waals surface area contributed by atoms with Gasteiger partial charge in [0.05, 0.1) is 10.6 Å². The Labute approximate surface area is 111 Å². The van der Waals surface area contributed by atoms with Gasteiger partial charge in [0.25, 0.3) is 0 Å². The number of anilines is 1. The second kappa shape index (κ2) is 5.38. The zero-order valence-electron chi connectivity index (χ0n) is 9.82. The van der Waals surface area contributed by atoms with Crippen molar-refractivity contribution in [3.63, 3.8) is 0 Å². The van der Waals surface area contributed by atoms with E-state index in [2.05, 4.69) is 5.32 Å². The molecule has 0 radical (unpaired) electrons. The number of nitriles is 1. The molecule has 1 atom stereocenters. The molecule has 94 valence electrons. The van der Waals surface area contributed by atoms with Crippen LogP contribution in [0.2, 0.25) is 5.02 Å². The van der Waals surface area contributed by atoms with Crippen molar-refractivity contribution in [3.8, 4) is 6.07 Å². The van der Waals surface area contributed by atoms with Crippen molar-refractivity contribution < 1.29 is 4.79 Å². The Hall–Kier alpha value is -1.57. The van der Waals surface area contributed by atoms with Crippen LogP contribution in [0.5, 0.6) is 0 Å². The molecular weight excluding hydrogens is 250 g/mol. The molecule has 0 bridgehead atoms. The summed E-state index contributed by atoms with van der Waals surface area (Å²) in [6.07, 6.45) is 2.55. The topological polar surface area (TPSA) is 78.9 Å². The standard InChI is InChI=1S/C13H14ClN3O/c14-11-4-3-10(5-9(11)7-15)17-13(18)6-12(16)8-1-2-8/h3-5,8,12H,1-2,6,16H2,(H,17,18). The van der Waals surface area contributed by atoms with Gasteiger partial charge in [0, 0.05) is 18.2 Å². The van der Waals surface area contributed by atoms with E-state index in [1.54, 1.807) is 18.2 Å². The number of amides is 1. The molecule has 2 rings (SSSR count). The molecule has 5 heteroatoms. The summed E-state index contributed by atoms with van der Waals surface area (Å²) in [6, 6.07) is 6.73. The molecule has 1 aromatic carbocycles. The molecule has 1 aromatic rings. The Morgan fingerprint density at radius 1 is 1.61 bits per heavy atom. The third-order valence-electron chi connectivity index (χ3n) is 3.02. The lowest BCUT2D eigenvalue weighted by Crippen LogP contribution is -2.28. The molecule has 1 saturated carbocycles. The molecule has 1 fully saturated rings. The van der Waals surface area contributed by atoms with Gasteiger partial charge in [-0.25, -0.2) is 0 Å². The maximum Gasteiger partial charge on any atom is 0.225 e. The van der Waals surface area contributed by atoms with E-state index in [-0.39, 0.29) is 11.9 Å². The summed E-state index contributed by atoms with van der Waals surface area (Å²) in [7, 11) is 0. The molecule has 1 amide bonds. The van der Waals surface area contributed by atoms with Gasteiger partial charge >= 0.3 is 0 Å². The van der Waals surface area contributed by atoms with Crippen LogP contribution in [0.3, 0.4) is 0 Å². The van der Waals surface area contributed by atoms with Crippen molar-refractivity contribution in [3.05, 3.63) is 28.8 Å². The minimum absolute atomic E-state index is 0.0623. The smallest absolute Gasteiger partial charge is 0.225 e. The van der Waals surface area contributed by atoms with Crippen molar-refractivity contribution in [2.45, 2.75) is 25.3 Å². The molecule has 18 heavy (non-hydrogen) atoms. The maximum atomic E-state index is 11.7. The van der Waals surface area contributed by atoms with Crippen LogP contribution < -0.4 is 11.1 Å². The zero-order valence-corrected chi connectivity index (χ0v) is 10.6. The quantitative estimate of drug-likeness (QED) is 0.875. The average Bonchev–Trinajstić information content (AvgIpc) is 3.15. The molecule has 1 aliphatic carbocycles. The number of carbonyl (C=O) groups is 1. The van der Waals surface area contributed by atoms with E-state index in [9.17, 15) is 4.79 Å². The first-order chi connectivity index (χ1) is 8.60. The second-order valence-corrected chi connectivity index (χ2v) is 4.97. The number of halogens is 1. The highest BCUT2D eigenvalue weighted by molar-refractivity contribution is 6.31. The molecule has 0 saturated heterocycles. The number of nitrogens with two attached hydrogens (primary N) is 1. The summed E-state index contributed by atoms with van der Waals surface area (Å²) in [5, 5.41) is 11.9. The van der Waals surface area contributed by atoms with Gasteiger partial charge in [0.15, 0.2) is 0 Å². The maximum absolute atomic E-state index is 11.7. The number of hydrogen-bond acceptors (Lipinski definition) is 3. The summed E-state index contributed by atoms with van der Waals surface area (Å²) in [5.41, 5.74) is 6.80. The highest BCUT2D eigenvalue weighted by Gasteiger charge is 2.29. The van der Waals surface area contributed by atoms with E-state index < -0.39 is 0 Å². The fourth-order valence-corrected chi connectivity index (χ4v) is 1.97. The summed E-state index contributed by atoms with van der Waals surface area (Å²) < 4.78 is 0. The van der Waals surface area contributed by atoms with Gasteiger partial charge in [-0.2, -0.15) is 5.26 Å². The first kappa shape index (κ1) is 12.9. The van der Waals surface area contributed by atoms with E-state index in [1.165, 1.54) is 0 Å².